The summed E-state index contributed by atoms with van der Waals surface area (Å²) >= 11 is 0. The fraction of sp³-hybridized carbons (Fsp3) is 0.111. The van der Waals surface area contributed by atoms with E-state index in [2.05, 4.69) is 4.74 Å². The summed E-state index contributed by atoms with van der Waals surface area (Å²) in [7, 11) is 0. The number of ether oxygens (including phenoxy) is 1. The molecule has 0 spiro atoms. The number of benzene rings is 1. The summed E-state index contributed by atoms with van der Waals surface area (Å²) in [4.78, 5) is 21.0. The Kier molecular flexibility index (Phi) is 3.61. The lowest BCUT2D eigenvalue weighted by Gasteiger charge is -2.03. The molecule has 0 bridgehead atoms. The van der Waals surface area contributed by atoms with Gasteiger partial charge in [-0.05, 0) is 24.3 Å². The Morgan fingerprint density at radius 3 is 2.47 bits per heavy atom. The lowest BCUT2D eigenvalue weighted by atomic mass is 10.3. The molecule has 6 heteroatoms. The monoisotopic (exact) mass is 213 g/mol. The highest BCUT2D eigenvalue weighted by Crippen LogP contribution is 2.10. The van der Waals surface area contributed by atoms with Gasteiger partial charge in [0, 0.05) is 0 Å². The highest BCUT2D eigenvalue weighted by atomic mass is 19.1. The van der Waals surface area contributed by atoms with E-state index in [0.717, 1.165) is 12.1 Å². The average Bonchev–Trinajstić information content (AvgIpc) is 2.19. The van der Waals surface area contributed by atoms with E-state index in [1.807, 2.05) is 5.32 Å². The lowest BCUT2D eigenvalue weighted by Crippen LogP contribution is -2.31. The van der Waals surface area contributed by atoms with Crippen LogP contribution in [-0.4, -0.2) is 23.7 Å². The van der Waals surface area contributed by atoms with Crippen molar-refractivity contribution in [1.29, 1.82) is 0 Å². The molecule has 0 radical (unpaired) electrons. The van der Waals surface area contributed by atoms with Gasteiger partial charge in [-0.15, -0.1) is 0 Å². The number of carbonyl (C=O) groups is 2. The van der Waals surface area contributed by atoms with Crippen LogP contribution in [0.3, 0.4) is 0 Å². The fourth-order valence-electron chi connectivity index (χ4n) is 0.794. The first-order valence-corrected chi connectivity index (χ1v) is 4.01. The van der Waals surface area contributed by atoms with Gasteiger partial charge in [-0.25, -0.2) is 9.18 Å². The van der Waals surface area contributed by atoms with Crippen molar-refractivity contribution in [2.75, 3.05) is 6.54 Å². The lowest BCUT2D eigenvalue weighted by molar-refractivity contribution is -0.135. The van der Waals surface area contributed by atoms with Crippen LogP contribution in [-0.2, 0) is 4.79 Å². The third-order valence-electron chi connectivity index (χ3n) is 1.41. The number of aliphatic carboxylic acids is 1. The highest BCUT2D eigenvalue weighted by Gasteiger charge is 2.05. The molecule has 0 aliphatic rings. The van der Waals surface area contributed by atoms with Gasteiger partial charge < -0.3 is 15.2 Å². The number of carboxylic acids is 1. The normalized spacial score (nSPS) is 9.40. The summed E-state index contributed by atoms with van der Waals surface area (Å²) in [5, 5.41) is 10.2. The van der Waals surface area contributed by atoms with E-state index in [-0.39, 0.29) is 5.75 Å². The zero-order valence-electron chi connectivity index (χ0n) is 7.57. The zero-order chi connectivity index (χ0) is 11.3. The summed E-state index contributed by atoms with van der Waals surface area (Å²) in [6.07, 6.45) is -0.899. The minimum atomic E-state index is -1.17. The van der Waals surface area contributed by atoms with Crippen LogP contribution < -0.4 is 10.1 Å². The van der Waals surface area contributed by atoms with E-state index in [0.29, 0.717) is 0 Å². The number of amides is 1. The number of nitrogens with one attached hydrogen (secondary N) is 1. The first-order valence-electron chi connectivity index (χ1n) is 4.01. The summed E-state index contributed by atoms with van der Waals surface area (Å²) in [5.74, 6) is -1.49. The number of hydrogen-bond donors (Lipinski definition) is 2. The fourth-order valence-corrected chi connectivity index (χ4v) is 0.794. The van der Waals surface area contributed by atoms with E-state index in [1.54, 1.807) is 0 Å². The van der Waals surface area contributed by atoms with Crippen molar-refractivity contribution < 1.29 is 23.8 Å². The molecule has 5 nitrogen and oxygen atoms in total. The summed E-state index contributed by atoms with van der Waals surface area (Å²) in [5.41, 5.74) is 0. The predicted molar refractivity (Wildman–Crippen MR) is 48.1 cm³/mol. The van der Waals surface area contributed by atoms with Gasteiger partial charge in [0.25, 0.3) is 0 Å². The van der Waals surface area contributed by atoms with Crippen molar-refractivity contribution in [3.63, 3.8) is 0 Å². The molecule has 2 N–H and O–H groups in total. The predicted octanol–water partition coefficient (Wildman–Crippen LogP) is 0.999. The standard InChI is InChI=1S/C9H8FNO4/c10-6-1-3-7(4-2-6)15-9(14)11-5-8(12)13/h1-4H,5H2,(H,11,14)(H,12,13). The molecule has 0 heterocycles. The van der Waals surface area contributed by atoms with Crippen molar-refractivity contribution in [2.45, 2.75) is 0 Å². The Bertz CT molecular complexity index is 363. The van der Waals surface area contributed by atoms with E-state index in [4.69, 9.17) is 5.11 Å². The molecule has 1 rings (SSSR count). The molecule has 0 fully saturated rings. The maximum absolute atomic E-state index is 12.4. The van der Waals surface area contributed by atoms with Crippen LogP contribution in [0.4, 0.5) is 9.18 Å². The first kappa shape index (κ1) is 11.0. The van der Waals surface area contributed by atoms with E-state index < -0.39 is 24.4 Å². The van der Waals surface area contributed by atoms with Crippen LogP contribution in [0.25, 0.3) is 0 Å². The van der Waals surface area contributed by atoms with Gasteiger partial charge in [0.2, 0.25) is 0 Å². The molecule has 1 aromatic rings. The number of hydrogen-bond acceptors (Lipinski definition) is 3. The molecule has 0 aromatic heterocycles. The molecule has 0 unspecified atom stereocenters. The maximum atomic E-state index is 12.4. The van der Waals surface area contributed by atoms with Crippen molar-refractivity contribution >= 4 is 12.1 Å². The Balaban J connectivity index is 2.44. The van der Waals surface area contributed by atoms with Gasteiger partial charge in [0.15, 0.2) is 0 Å². The molecular weight excluding hydrogens is 205 g/mol. The Morgan fingerprint density at radius 1 is 1.33 bits per heavy atom. The van der Waals surface area contributed by atoms with Gasteiger partial charge in [0.05, 0.1) is 0 Å². The summed E-state index contributed by atoms with van der Waals surface area (Å²) < 4.78 is 17.1. The van der Waals surface area contributed by atoms with Gasteiger partial charge in [-0.1, -0.05) is 0 Å². The van der Waals surface area contributed by atoms with Crippen LogP contribution in [0.2, 0.25) is 0 Å². The molecule has 0 saturated heterocycles. The van der Waals surface area contributed by atoms with Gasteiger partial charge in [-0.2, -0.15) is 0 Å². The van der Waals surface area contributed by atoms with Crippen molar-refractivity contribution in [2.24, 2.45) is 0 Å². The molecule has 0 aliphatic carbocycles. The Morgan fingerprint density at radius 2 is 1.93 bits per heavy atom. The third-order valence-corrected chi connectivity index (χ3v) is 1.41. The second kappa shape index (κ2) is 4.94. The van der Waals surface area contributed by atoms with E-state index in [9.17, 15) is 14.0 Å². The molecule has 1 aromatic carbocycles. The first-order chi connectivity index (χ1) is 7.08. The topological polar surface area (TPSA) is 75.6 Å². The Labute approximate surface area is 84.5 Å². The molecule has 0 aliphatic heterocycles. The molecule has 1 amide bonds. The smallest absolute Gasteiger partial charge is 0.413 e. The van der Waals surface area contributed by atoms with Crippen LogP contribution in [0, 0.1) is 5.82 Å². The largest absolute Gasteiger partial charge is 0.480 e. The molecule has 80 valence electrons. The van der Waals surface area contributed by atoms with Crippen LogP contribution in [0.1, 0.15) is 0 Å². The third kappa shape index (κ3) is 4.08. The SMILES string of the molecule is O=C(O)CNC(=O)Oc1ccc(F)cc1. The van der Waals surface area contributed by atoms with Gasteiger partial charge >= 0.3 is 12.1 Å². The molecule has 0 saturated carbocycles. The summed E-state index contributed by atoms with van der Waals surface area (Å²) in [6, 6.07) is 4.77. The highest BCUT2D eigenvalue weighted by molar-refractivity contribution is 5.77. The minimum Gasteiger partial charge on any atom is -0.480 e. The van der Waals surface area contributed by atoms with Gasteiger partial charge in [0.1, 0.15) is 18.1 Å². The van der Waals surface area contributed by atoms with Crippen molar-refractivity contribution in [3.05, 3.63) is 30.1 Å². The maximum Gasteiger partial charge on any atom is 0.413 e. The van der Waals surface area contributed by atoms with Crippen LogP contribution in [0.5, 0.6) is 5.75 Å². The second-order valence-electron chi connectivity index (χ2n) is 2.59. The number of carboxylic acid groups (broad SMARTS) is 1. The van der Waals surface area contributed by atoms with Gasteiger partial charge in [-0.3, -0.25) is 4.79 Å². The minimum absolute atomic E-state index is 0.138. The van der Waals surface area contributed by atoms with Crippen molar-refractivity contribution in [1.82, 2.24) is 5.32 Å². The molecule has 0 atom stereocenters. The zero-order valence-corrected chi connectivity index (χ0v) is 7.57. The molecule has 15 heavy (non-hydrogen) atoms. The van der Waals surface area contributed by atoms with E-state index in [1.165, 1.54) is 12.1 Å². The van der Waals surface area contributed by atoms with Crippen molar-refractivity contribution in [3.8, 4) is 5.75 Å². The molecular formula is C9H8FNO4. The van der Waals surface area contributed by atoms with E-state index >= 15 is 0 Å². The second-order valence-corrected chi connectivity index (χ2v) is 2.59. The Hall–Kier alpha value is -2.11. The average molecular weight is 213 g/mol. The van der Waals surface area contributed by atoms with Crippen LogP contribution >= 0.6 is 0 Å². The quantitative estimate of drug-likeness (QED) is 0.785. The number of carbonyl (C=O) groups excluding carboxylic acids is 1. The van der Waals surface area contributed by atoms with Crippen LogP contribution in [0.15, 0.2) is 24.3 Å². The number of rotatable bonds is 3. The number of halogens is 1. The summed E-state index contributed by atoms with van der Waals surface area (Å²) in [6.45, 7) is -0.528.